The Morgan fingerprint density at radius 3 is 2.24 bits per heavy atom. The minimum absolute atomic E-state index is 0.0825. The number of amides is 1. The highest BCUT2D eigenvalue weighted by atomic mass is 19.1. The molecule has 2 rings (SSSR count). The van der Waals surface area contributed by atoms with Crippen LogP contribution in [-0.4, -0.2) is 48.4 Å². The number of hydrogen-bond acceptors (Lipinski definition) is 8. The number of carbonyl (C=O) groups excluding carboxylic acids is 3. The zero-order valence-corrected chi connectivity index (χ0v) is 22.5. The van der Waals surface area contributed by atoms with Crippen LogP contribution in [0.1, 0.15) is 69.1 Å². The average molecular weight is 519 g/mol. The number of benzene rings is 1. The molecule has 37 heavy (non-hydrogen) atoms. The molecule has 0 aliphatic rings. The zero-order chi connectivity index (χ0) is 27.9. The van der Waals surface area contributed by atoms with Crippen molar-refractivity contribution in [1.82, 2.24) is 10.3 Å². The quantitative estimate of drug-likeness (QED) is 0.440. The lowest BCUT2D eigenvalue weighted by atomic mass is 9.82. The summed E-state index contributed by atoms with van der Waals surface area (Å²) in [6.45, 7) is 12.3. The molecule has 1 amide bonds. The Balaban J connectivity index is 2.17. The van der Waals surface area contributed by atoms with E-state index in [1.165, 1.54) is 38.4 Å². The number of pyridine rings is 1. The van der Waals surface area contributed by atoms with Crippen LogP contribution in [0.2, 0.25) is 0 Å². The van der Waals surface area contributed by atoms with Crippen LogP contribution in [0.4, 0.5) is 9.18 Å². The van der Waals surface area contributed by atoms with Gasteiger partial charge in [-0.25, -0.2) is 19.0 Å². The van der Waals surface area contributed by atoms with Gasteiger partial charge < -0.3 is 24.3 Å². The number of halogens is 1. The summed E-state index contributed by atoms with van der Waals surface area (Å²) in [7, 11) is 1.34. The predicted octanol–water partition coefficient (Wildman–Crippen LogP) is 4.95. The maximum absolute atomic E-state index is 13.6. The molecule has 0 saturated carbocycles. The van der Waals surface area contributed by atoms with Crippen LogP contribution in [0.25, 0.3) is 0 Å². The van der Waals surface area contributed by atoms with Crippen molar-refractivity contribution < 1.29 is 37.7 Å². The van der Waals surface area contributed by atoms with E-state index in [2.05, 4.69) is 10.3 Å². The minimum Gasteiger partial charge on any atom is -0.493 e. The van der Waals surface area contributed by atoms with Crippen molar-refractivity contribution in [2.45, 2.75) is 72.6 Å². The second kappa shape index (κ2) is 13.0. The largest absolute Gasteiger partial charge is 0.514 e. The van der Waals surface area contributed by atoms with Crippen LogP contribution in [0, 0.1) is 18.7 Å². The maximum atomic E-state index is 13.6. The normalized spacial score (nSPS) is 13.5. The number of esters is 1. The van der Waals surface area contributed by atoms with E-state index in [1.54, 1.807) is 26.8 Å². The van der Waals surface area contributed by atoms with Gasteiger partial charge in [-0.3, -0.25) is 4.79 Å². The molecule has 0 aliphatic carbocycles. The van der Waals surface area contributed by atoms with Crippen molar-refractivity contribution in [2.75, 3.05) is 7.11 Å². The Labute approximate surface area is 216 Å². The fraction of sp³-hybridized carbons (Fsp3) is 0.481. The summed E-state index contributed by atoms with van der Waals surface area (Å²) in [5, 5.41) is 2.52. The Bertz CT molecular complexity index is 1120. The van der Waals surface area contributed by atoms with E-state index in [4.69, 9.17) is 18.9 Å². The molecule has 0 radical (unpaired) electrons. The predicted molar refractivity (Wildman–Crippen MR) is 134 cm³/mol. The molecule has 1 N–H and O–H groups in total. The number of hydrogen-bond donors (Lipinski definition) is 1. The summed E-state index contributed by atoms with van der Waals surface area (Å²) in [5.41, 5.74) is 1.37. The van der Waals surface area contributed by atoms with Gasteiger partial charge in [0, 0.05) is 18.2 Å². The van der Waals surface area contributed by atoms with Gasteiger partial charge in [0.15, 0.2) is 11.4 Å². The SMILES string of the molecule is COc1ccnc(C(=O)N[C@@H](C)C(=O)O[C@@H](C)[C@H](c2ccc(F)cc2C)C(C)C)c1OC(=O)OC(C)C. The molecule has 0 saturated heterocycles. The van der Waals surface area contributed by atoms with Crippen LogP contribution in [0.5, 0.6) is 11.5 Å². The van der Waals surface area contributed by atoms with Crippen molar-refractivity contribution >= 4 is 18.0 Å². The van der Waals surface area contributed by atoms with Crippen LogP contribution in [0.3, 0.4) is 0 Å². The van der Waals surface area contributed by atoms with Crippen LogP contribution in [-0.2, 0) is 14.3 Å². The lowest BCUT2D eigenvalue weighted by molar-refractivity contribution is -0.151. The molecular formula is C27H35FN2O7. The van der Waals surface area contributed by atoms with Gasteiger partial charge in [0.25, 0.3) is 5.91 Å². The Morgan fingerprint density at radius 1 is 1.00 bits per heavy atom. The smallest absolute Gasteiger partial charge is 0.493 e. The van der Waals surface area contributed by atoms with Crippen LogP contribution in [0.15, 0.2) is 30.5 Å². The zero-order valence-electron chi connectivity index (χ0n) is 22.5. The summed E-state index contributed by atoms with van der Waals surface area (Å²) in [6, 6.07) is 4.88. The number of methoxy groups -OCH3 is 1. The van der Waals surface area contributed by atoms with Gasteiger partial charge in [-0.2, -0.15) is 0 Å². The van der Waals surface area contributed by atoms with Gasteiger partial charge in [-0.15, -0.1) is 0 Å². The molecule has 0 bridgehead atoms. The van der Waals surface area contributed by atoms with E-state index in [0.29, 0.717) is 0 Å². The highest BCUT2D eigenvalue weighted by molar-refractivity contribution is 5.98. The van der Waals surface area contributed by atoms with E-state index < -0.39 is 36.3 Å². The van der Waals surface area contributed by atoms with E-state index in [-0.39, 0.29) is 34.8 Å². The number of nitrogens with one attached hydrogen (secondary N) is 1. The summed E-state index contributed by atoms with van der Waals surface area (Å²) >= 11 is 0. The first-order chi connectivity index (χ1) is 17.3. The second-order valence-electron chi connectivity index (χ2n) is 9.32. The lowest BCUT2D eigenvalue weighted by Crippen LogP contribution is -2.42. The molecule has 3 atom stereocenters. The van der Waals surface area contributed by atoms with Gasteiger partial charge in [-0.1, -0.05) is 19.9 Å². The maximum Gasteiger partial charge on any atom is 0.514 e. The molecule has 10 heteroatoms. The molecule has 1 aromatic carbocycles. The number of aryl methyl sites for hydroxylation is 1. The van der Waals surface area contributed by atoms with Crippen molar-refractivity contribution in [3.8, 4) is 11.5 Å². The monoisotopic (exact) mass is 518 g/mol. The molecule has 202 valence electrons. The average Bonchev–Trinajstić information content (AvgIpc) is 2.79. The number of rotatable bonds is 10. The first-order valence-electron chi connectivity index (χ1n) is 12.0. The fourth-order valence-corrected chi connectivity index (χ4v) is 4.00. The molecule has 0 spiro atoms. The van der Waals surface area contributed by atoms with E-state index in [9.17, 15) is 18.8 Å². The third-order valence-electron chi connectivity index (χ3n) is 5.64. The van der Waals surface area contributed by atoms with Gasteiger partial charge in [0.2, 0.25) is 5.75 Å². The first kappa shape index (κ1) is 29.5. The molecule has 0 aliphatic heterocycles. The number of aromatic nitrogens is 1. The summed E-state index contributed by atoms with van der Waals surface area (Å²) in [6.07, 6.45) is -0.738. The van der Waals surface area contributed by atoms with Crippen molar-refractivity contribution in [3.05, 3.63) is 53.1 Å². The summed E-state index contributed by atoms with van der Waals surface area (Å²) < 4.78 is 34.7. The van der Waals surface area contributed by atoms with Crippen LogP contribution < -0.4 is 14.8 Å². The Hall–Kier alpha value is -3.69. The molecule has 2 aromatic rings. The molecule has 1 heterocycles. The van der Waals surface area contributed by atoms with Gasteiger partial charge >= 0.3 is 12.1 Å². The lowest BCUT2D eigenvalue weighted by Gasteiger charge is -2.30. The third kappa shape index (κ3) is 7.90. The third-order valence-corrected chi connectivity index (χ3v) is 5.64. The summed E-state index contributed by atoms with van der Waals surface area (Å²) in [5.74, 6) is -2.05. The molecule has 9 nitrogen and oxygen atoms in total. The summed E-state index contributed by atoms with van der Waals surface area (Å²) in [4.78, 5) is 41.9. The van der Waals surface area contributed by atoms with Crippen molar-refractivity contribution in [1.29, 1.82) is 0 Å². The number of carbonyl (C=O) groups is 3. The first-order valence-corrected chi connectivity index (χ1v) is 12.0. The topological polar surface area (TPSA) is 113 Å². The van der Waals surface area contributed by atoms with Crippen molar-refractivity contribution in [3.63, 3.8) is 0 Å². The standard InChI is InChI=1S/C27H35FN2O7/c1-14(2)22(20-10-9-19(28)13-16(20)5)18(7)36-26(32)17(6)30-25(31)23-24(21(34-8)11-12-29-23)37-27(33)35-15(3)4/h9-15,17-18,22H,1-8H3,(H,30,31)/t17-,18-,22+/m0/s1. The van der Waals surface area contributed by atoms with Crippen molar-refractivity contribution in [2.24, 2.45) is 5.92 Å². The Morgan fingerprint density at radius 2 is 1.68 bits per heavy atom. The van der Waals surface area contributed by atoms with Crippen LogP contribution >= 0.6 is 0 Å². The Kier molecular flexibility index (Phi) is 10.4. The van der Waals surface area contributed by atoms with Gasteiger partial charge in [0.1, 0.15) is 18.0 Å². The van der Waals surface area contributed by atoms with Gasteiger partial charge in [-0.05, 0) is 63.8 Å². The fourth-order valence-electron chi connectivity index (χ4n) is 4.00. The van der Waals surface area contributed by atoms with E-state index in [1.807, 2.05) is 20.8 Å². The second-order valence-corrected chi connectivity index (χ2v) is 9.32. The van der Waals surface area contributed by atoms with E-state index in [0.717, 1.165) is 11.1 Å². The number of ether oxygens (including phenoxy) is 4. The minimum atomic E-state index is -1.06. The molecule has 1 aromatic heterocycles. The molecular weight excluding hydrogens is 483 g/mol. The van der Waals surface area contributed by atoms with Gasteiger partial charge in [0.05, 0.1) is 13.2 Å². The van der Waals surface area contributed by atoms with E-state index >= 15 is 0 Å². The highest BCUT2D eigenvalue weighted by Gasteiger charge is 2.30. The molecule has 0 fully saturated rings. The number of nitrogens with zero attached hydrogens (tertiary/aromatic N) is 1. The highest BCUT2D eigenvalue weighted by Crippen LogP contribution is 2.33. The molecule has 0 unspecified atom stereocenters.